The minimum absolute atomic E-state index is 0.136. The quantitative estimate of drug-likeness (QED) is 0.130. The van der Waals surface area contributed by atoms with Crippen LogP contribution in [-0.2, 0) is 40.9 Å². The van der Waals surface area contributed by atoms with Gasteiger partial charge in [0, 0.05) is 19.0 Å². The van der Waals surface area contributed by atoms with Crippen molar-refractivity contribution < 1.29 is 69.6 Å². The Morgan fingerprint density at radius 3 is 1.51 bits per heavy atom. The number of ketones is 1. The van der Waals surface area contributed by atoms with Crippen molar-refractivity contribution in [2.24, 2.45) is 11.8 Å². The maximum absolute atomic E-state index is 13.0. The minimum atomic E-state index is -4.48. The number of carboxylic acids is 1. The van der Waals surface area contributed by atoms with E-state index in [0.29, 0.717) is 28.7 Å². The lowest BCUT2D eigenvalue weighted by molar-refractivity contribution is -0.147. The molecule has 292 valence electrons. The first-order valence-electron chi connectivity index (χ1n) is 16.7. The molecule has 11 nitrogen and oxygen atoms in total. The number of carbonyl (C=O) groups is 5. The van der Waals surface area contributed by atoms with Gasteiger partial charge in [0.2, 0.25) is 0 Å². The SMILES string of the molecule is CCOC(=O)CC(=O)[C@@H]1CCN(C(=O)OC)[C@H](c2ccc(C(F)(F)F)cc2C)C1.COC(=O)N1CCC(C(=O)O)CC1c1ccc(C(F)(F)F)cc1C. The summed E-state index contributed by atoms with van der Waals surface area (Å²) in [4.78, 5) is 62.3. The Hall–Kier alpha value is -4.83. The fourth-order valence-corrected chi connectivity index (χ4v) is 6.66. The fraction of sp³-hybridized carbons (Fsp3) is 0.528. The number of esters is 1. The number of ether oxygens (including phenoxy) is 3. The number of aryl methyl sites for hydroxylation is 2. The van der Waals surface area contributed by atoms with E-state index in [9.17, 15) is 55.4 Å². The highest BCUT2D eigenvalue weighted by atomic mass is 19.4. The summed E-state index contributed by atoms with van der Waals surface area (Å²) >= 11 is 0. The van der Waals surface area contributed by atoms with Crippen LogP contribution >= 0.6 is 0 Å². The largest absolute Gasteiger partial charge is 0.481 e. The Labute approximate surface area is 302 Å². The number of rotatable bonds is 7. The van der Waals surface area contributed by atoms with E-state index in [1.165, 1.54) is 50.0 Å². The molecule has 0 spiro atoms. The van der Waals surface area contributed by atoms with Gasteiger partial charge in [-0.25, -0.2) is 9.59 Å². The number of aliphatic carboxylic acids is 1. The van der Waals surface area contributed by atoms with Crippen LogP contribution in [0.5, 0.6) is 0 Å². The molecule has 2 amide bonds. The Morgan fingerprint density at radius 1 is 0.736 bits per heavy atom. The lowest BCUT2D eigenvalue weighted by Crippen LogP contribution is -2.43. The Morgan fingerprint density at radius 2 is 1.15 bits per heavy atom. The van der Waals surface area contributed by atoms with Crippen LogP contribution in [0.15, 0.2) is 36.4 Å². The second-order valence-electron chi connectivity index (χ2n) is 12.7. The number of alkyl halides is 6. The van der Waals surface area contributed by atoms with Crippen molar-refractivity contribution in [3.05, 3.63) is 69.8 Å². The fourth-order valence-electron chi connectivity index (χ4n) is 6.66. The summed E-state index contributed by atoms with van der Waals surface area (Å²) in [5.74, 6) is -3.06. The predicted molar refractivity (Wildman–Crippen MR) is 175 cm³/mol. The van der Waals surface area contributed by atoms with Crippen molar-refractivity contribution >= 4 is 29.9 Å². The van der Waals surface area contributed by atoms with E-state index in [-0.39, 0.29) is 51.2 Å². The third kappa shape index (κ3) is 10.9. The summed E-state index contributed by atoms with van der Waals surface area (Å²) in [6.07, 6.45) is -9.60. The molecule has 2 aromatic carbocycles. The van der Waals surface area contributed by atoms with Crippen molar-refractivity contribution in [3.8, 4) is 0 Å². The van der Waals surface area contributed by atoms with Gasteiger partial charge in [0.15, 0.2) is 0 Å². The van der Waals surface area contributed by atoms with Gasteiger partial charge in [-0.1, -0.05) is 12.1 Å². The lowest BCUT2D eigenvalue weighted by atomic mass is 9.82. The van der Waals surface area contributed by atoms with E-state index < -0.39 is 71.5 Å². The molecule has 17 heteroatoms. The third-order valence-electron chi connectivity index (χ3n) is 9.36. The van der Waals surface area contributed by atoms with Crippen molar-refractivity contribution in [2.75, 3.05) is 33.9 Å². The van der Waals surface area contributed by atoms with Crippen LogP contribution in [0, 0.1) is 25.7 Å². The molecule has 0 saturated carbocycles. The topological polar surface area (TPSA) is 140 Å². The summed E-state index contributed by atoms with van der Waals surface area (Å²) in [6.45, 7) is 5.22. The first-order chi connectivity index (χ1) is 24.7. The van der Waals surface area contributed by atoms with Crippen molar-refractivity contribution in [2.45, 2.75) is 77.3 Å². The number of hydrogen-bond acceptors (Lipinski definition) is 8. The summed E-state index contributed by atoms with van der Waals surface area (Å²) in [6, 6.07) is 5.32. The molecule has 2 unspecified atom stereocenters. The molecule has 0 radical (unpaired) electrons. The molecule has 2 heterocycles. The summed E-state index contributed by atoms with van der Waals surface area (Å²) in [5, 5.41) is 9.22. The number of methoxy groups -OCH3 is 2. The molecule has 0 bridgehead atoms. The minimum Gasteiger partial charge on any atom is -0.481 e. The molecule has 0 aromatic heterocycles. The van der Waals surface area contributed by atoms with Crippen LogP contribution in [0.4, 0.5) is 35.9 Å². The maximum Gasteiger partial charge on any atom is 0.416 e. The van der Waals surface area contributed by atoms with E-state index in [1.54, 1.807) is 6.92 Å². The average Bonchev–Trinajstić information content (AvgIpc) is 3.09. The maximum atomic E-state index is 13.0. The Balaban J connectivity index is 0.000000290. The van der Waals surface area contributed by atoms with Crippen LogP contribution in [-0.4, -0.2) is 78.7 Å². The van der Waals surface area contributed by atoms with Crippen molar-refractivity contribution in [3.63, 3.8) is 0 Å². The van der Waals surface area contributed by atoms with Crippen LogP contribution in [0.2, 0.25) is 0 Å². The molecule has 2 fully saturated rings. The van der Waals surface area contributed by atoms with E-state index >= 15 is 0 Å². The molecule has 4 atom stereocenters. The van der Waals surface area contributed by atoms with Crippen LogP contribution in [0.25, 0.3) is 0 Å². The highest BCUT2D eigenvalue weighted by molar-refractivity contribution is 5.97. The van der Waals surface area contributed by atoms with Gasteiger partial charge in [0.25, 0.3) is 0 Å². The number of carboxylic acid groups (broad SMARTS) is 1. The number of Topliss-reactive ketones (excluding diaryl/α,β-unsaturated/α-hetero) is 1. The molecular formula is C36H42F6N2O9. The van der Waals surface area contributed by atoms with Gasteiger partial charge in [-0.3, -0.25) is 14.4 Å². The standard InChI is InChI=1S/C20H24F3NO5.C16H18F3NO4/c1-4-29-18(26)11-17(25)13-7-8-24(19(27)28-3)16(10-13)15-6-5-14(9-12(15)2)20(21,22)23;1-9-7-11(16(17,18)19)3-4-12(9)13-8-10(14(21)22)5-6-20(13)15(23)24-2/h5-6,9,13,16H,4,7-8,10-11H2,1-3H3;3-4,7,10,13H,5-6,8H2,1-2H3,(H,21,22)/t13-,16+;/m1./s1. The number of nitrogens with zero attached hydrogens (tertiary/aromatic N) is 2. The molecule has 1 N–H and O–H groups in total. The molecule has 2 aromatic rings. The molecule has 53 heavy (non-hydrogen) atoms. The summed E-state index contributed by atoms with van der Waals surface area (Å²) in [7, 11) is 2.43. The van der Waals surface area contributed by atoms with Crippen LogP contribution in [0.3, 0.4) is 0 Å². The predicted octanol–water partition coefficient (Wildman–Crippen LogP) is 7.67. The molecular weight excluding hydrogens is 718 g/mol. The van der Waals surface area contributed by atoms with Gasteiger partial charge in [0.1, 0.15) is 12.2 Å². The van der Waals surface area contributed by atoms with Gasteiger partial charge < -0.3 is 29.1 Å². The second-order valence-corrected chi connectivity index (χ2v) is 12.7. The first-order valence-corrected chi connectivity index (χ1v) is 16.7. The smallest absolute Gasteiger partial charge is 0.416 e. The lowest BCUT2D eigenvalue weighted by Gasteiger charge is -2.39. The molecule has 0 aliphatic carbocycles. The Bertz CT molecular complexity index is 1660. The molecule has 4 rings (SSSR count). The van der Waals surface area contributed by atoms with E-state index in [0.717, 1.165) is 24.3 Å². The molecule has 2 aliphatic rings. The van der Waals surface area contributed by atoms with E-state index in [1.807, 2.05) is 0 Å². The molecule has 2 saturated heterocycles. The molecule has 2 aliphatic heterocycles. The second kappa shape index (κ2) is 17.8. The number of amides is 2. The zero-order valence-corrected chi connectivity index (χ0v) is 29.8. The summed E-state index contributed by atoms with van der Waals surface area (Å²) < 4.78 is 91.7. The summed E-state index contributed by atoms with van der Waals surface area (Å²) in [5.41, 5.74) is 0.163. The number of carbonyl (C=O) groups excluding carboxylic acids is 4. The number of likely N-dealkylation sites (tertiary alicyclic amines) is 2. The highest BCUT2D eigenvalue weighted by Crippen LogP contribution is 2.40. The van der Waals surface area contributed by atoms with E-state index in [4.69, 9.17) is 14.2 Å². The van der Waals surface area contributed by atoms with Gasteiger partial charge in [0.05, 0.1) is 50.0 Å². The van der Waals surface area contributed by atoms with Crippen LogP contribution < -0.4 is 0 Å². The van der Waals surface area contributed by atoms with Crippen molar-refractivity contribution in [1.29, 1.82) is 0 Å². The zero-order chi connectivity index (χ0) is 39.8. The number of hydrogen-bond donors (Lipinski definition) is 1. The van der Waals surface area contributed by atoms with Crippen molar-refractivity contribution in [1.82, 2.24) is 9.80 Å². The van der Waals surface area contributed by atoms with Gasteiger partial charge in [-0.2, -0.15) is 26.3 Å². The number of halogens is 6. The number of piperidine rings is 2. The van der Waals surface area contributed by atoms with Gasteiger partial charge >= 0.3 is 36.5 Å². The normalized spacial score (nSPS) is 20.4. The van der Waals surface area contributed by atoms with Gasteiger partial charge in [-0.15, -0.1) is 0 Å². The highest BCUT2D eigenvalue weighted by Gasteiger charge is 2.40. The number of benzene rings is 2. The first kappa shape index (κ1) is 42.6. The average molecular weight is 761 g/mol. The monoisotopic (exact) mass is 760 g/mol. The third-order valence-corrected chi connectivity index (χ3v) is 9.36. The Kier molecular flexibility index (Phi) is 14.3. The van der Waals surface area contributed by atoms with E-state index in [2.05, 4.69) is 0 Å². The van der Waals surface area contributed by atoms with Crippen LogP contribution in [0.1, 0.15) is 84.5 Å². The van der Waals surface area contributed by atoms with Gasteiger partial charge in [-0.05, 0) is 93.0 Å². The zero-order valence-electron chi connectivity index (χ0n) is 29.8.